The van der Waals surface area contributed by atoms with Crippen molar-refractivity contribution in [3.63, 3.8) is 0 Å². The molecule has 0 aromatic rings. The second-order valence-corrected chi connectivity index (χ2v) is 2.74. The van der Waals surface area contributed by atoms with Gasteiger partial charge in [-0.1, -0.05) is 12.7 Å². The molecule has 0 N–H and O–H groups in total. The summed E-state index contributed by atoms with van der Waals surface area (Å²) in [6.45, 7) is 6.45. The molecule has 0 aliphatic carbocycles. The zero-order chi connectivity index (χ0) is 8.81. The Bertz CT molecular complexity index is 162. The number of rotatable bonds is 2. The van der Waals surface area contributed by atoms with Gasteiger partial charge in [0.15, 0.2) is 0 Å². The molecule has 3 nitrogen and oxygen atoms in total. The third-order valence-corrected chi connectivity index (χ3v) is 1.76. The molecular formula is C9H14NO2. The molecule has 1 saturated heterocycles. The van der Waals surface area contributed by atoms with E-state index in [0.29, 0.717) is 6.61 Å². The van der Waals surface area contributed by atoms with Crippen LogP contribution in [0, 0.1) is 6.54 Å². The van der Waals surface area contributed by atoms with Crippen molar-refractivity contribution >= 4 is 6.09 Å². The molecule has 0 aromatic carbocycles. The molecule has 0 aromatic heterocycles. The number of piperidine rings is 1. The van der Waals surface area contributed by atoms with E-state index in [9.17, 15) is 4.79 Å². The van der Waals surface area contributed by atoms with E-state index < -0.39 is 0 Å². The van der Waals surface area contributed by atoms with Crippen LogP contribution >= 0.6 is 0 Å². The monoisotopic (exact) mass is 168 g/mol. The van der Waals surface area contributed by atoms with Crippen LogP contribution < -0.4 is 0 Å². The van der Waals surface area contributed by atoms with Crippen molar-refractivity contribution in [3.8, 4) is 0 Å². The number of hydrogen-bond donors (Lipinski definition) is 0. The average molecular weight is 168 g/mol. The van der Waals surface area contributed by atoms with Crippen LogP contribution in [-0.2, 0) is 4.74 Å². The van der Waals surface area contributed by atoms with E-state index in [2.05, 4.69) is 6.58 Å². The molecule has 0 saturated carbocycles. The first kappa shape index (κ1) is 9.10. The van der Waals surface area contributed by atoms with Gasteiger partial charge in [0, 0.05) is 6.54 Å². The van der Waals surface area contributed by atoms with Crippen molar-refractivity contribution in [2.45, 2.75) is 19.3 Å². The second-order valence-electron chi connectivity index (χ2n) is 2.74. The number of carbonyl (C=O) groups excluding carboxylic acids is 1. The van der Waals surface area contributed by atoms with E-state index in [1.165, 1.54) is 6.42 Å². The van der Waals surface area contributed by atoms with Crippen molar-refractivity contribution in [3.05, 3.63) is 19.2 Å². The predicted octanol–water partition coefficient (Wildman–Crippen LogP) is 1.96. The fourth-order valence-electron chi connectivity index (χ4n) is 1.14. The maximum absolute atomic E-state index is 11.2. The molecule has 0 spiro atoms. The Labute approximate surface area is 73.0 Å². The van der Waals surface area contributed by atoms with Gasteiger partial charge in [0.25, 0.3) is 0 Å². The minimum absolute atomic E-state index is 0.255. The summed E-state index contributed by atoms with van der Waals surface area (Å²) >= 11 is 0. The van der Waals surface area contributed by atoms with Crippen LogP contribution in [0.4, 0.5) is 4.79 Å². The van der Waals surface area contributed by atoms with Crippen LogP contribution in [0.5, 0.6) is 0 Å². The summed E-state index contributed by atoms with van der Waals surface area (Å²) in [5, 5.41) is 0. The lowest BCUT2D eigenvalue weighted by Gasteiger charge is -2.24. The van der Waals surface area contributed by atoms with Crippen LogP contribution in [0.15, 0.2) is 12.7 Å². The highest BCUT2D eigenvalue weighted by Gasteiger charge is 2.17. The van der Waals surface area contributed by atoms with Crippen molar-refractivity contribution in [2.75, 3.05) is 13.2 Å². The fraction of sp³-hybridized carbons (Fsp3) is 0.556. The molecule has 0 unspecified atom stereocenters. The van der Waals surface area contributed by atoms with Crippen molar-refractivity contribution in [1.29, 1.82) is 0 Å². The third kappa shape index (κ3) is 2.57. The SMILES string of the molecule is C=CCOC(=O)N1[CH]CCCC1. The molecule has 12 heavy (non-hydrogen) atoms. The van der Waals surface area contributed by atoms with Gasteiger partial charge < -0.3 is 9.64 Å². The minimum Gasteiger partial charge on any atom is -0.445 e. The molecule has 1 fully saturated rings. The lowest BCUT2D eigenvalue weighted by molar-refractivity contribution is 0.116. The van der Waals surface area contributed by atoms with Crippen LogP contribution in [-0.4, -0.2) is 24.1 Å². The van der Waals surface area contributed by atoms with E-state index in [1.54, 1.807) is 11.0 Å². The smallest absolute Gasteiger partial charge is 0.410 e. The van der Waals surface area contributed by atoms with E-state index in [0.717, 1.165) is 19.4 Å². The molecule has 3 heteroatoms. The maximum Gasteiger partial charge on any atom is 0.410 e. The van der Waals surface area contributed by atoms with Crippen LogP contribution in [0.25, 0.3) is 0 Å². The number of amides is 1. The first-order chi connectivity index (χ1) is 5.84. The van der Waals surface area contributed by atoms with Gasteiger partial charge in [0.2, 0.25) is 0 Å². The Morgan fingerprint density at radius 1 is 1.67 bits per heavy atom. The summed E-state index contributed by atoms with van der Waals surface area (Å²) < 4.78 is 4.87. The van der Waals surface area contributed by atoms with Crippen molar-refractivity contribution < 1.29 is 9.53 Å². The highest BCUT2D eigenvalue weighted by Crippen LogP contribution is 2.13. The van der Waals surface area contributed by atoms with Gasteiger partial charge in [-0.15, -0.1) is 0 Å². The van der Waals surface area contributed by atoms with Gasteiger partial charge in [0.05, 0.1) is 6.54 Å². The number of likely N-dealkylation sites (tertiary alicyclic amines) is 1. The third-order valence-electron chi connectivity index (χ3n) is 1.76. The minimum atomic E-state index is -0.255. The lowest BCUT2D eigenvalue weighted by Crippen LogP contribution is -2.32. The van der Waals surface area contributed by atoms with Crippen molar-refractivity contribution in [1.82, 2.24) is 4.90 Å². The molecule has 1 aliphatic rings. The Morgan fingerprint density at radius 3 is 3.08 bits per heavy atom. The Balaban J connectivity index is 2.24. The Kier molecular flexibility index (Phi) is 3.64. The molecule has 1 amide bonds. The Hall–Kier alpha value is -0.990. The molecule has 0 atom stereocenters. The predicted molar refractivity (Wildman–Crippen MR) is 46.4 cm³/mol. The molecule has 67 valence electrons. The van der Waals surface area contributed by atoms with E-state index in [1.807, 2.05) is 6.54 Å². The average Bonchev–Trinajstić information content (AvgIpc) is 2.15. The highest BCUT2D eigenvalue weighted by atomic mass is 16.6. The first-order valence-corrected chi connectivity index (χ1v) is 4.22. The van der Waals surface area contributed by atoms with E-state index >= 15 is 0 Å². The molecule has 1 radical (unpaired) electrons. The molecular weight excluding hydrogens is 154 g/mol. The van der Waals surface area contributed by atoms with Gasteiger partial charge in [0.1, 0.15) is 6.61 Å². The number of hydrogen-bond acceptors (Lipinski definition) is 2. The highest BCUT2D eigenvalue weighted by molar-refractivity contribution is 5.68. The summed E-state index contributed by atoms with van der Waals surface area (Å²) in [5.41, 5.74) is 0. The van der Waals surface area contributed by atoms with Crippen LogP contribution in [0.2, 0.25) is 0 Å². The van der Waals surface area contributed by atoms with Crippen molar-refractivity contribution in [2.24, 2.45) is 0 Å². The molecule has 1 rings (SSSR count). The topological polar surface area (TPSA) is 29.5 Å². The summed E-state index contributed by atoms with van der Waals surface area (Å²) in [7, 11) is 0. The number of nitrogens with zero attached hydrogens (tertiary/aromatic N) is 1. The molecule has 1 heterocycles. The first-order valence-electron chi connectivity index (χ1n) is 4.22. The maximum atomic E-state index is 11.2. The number of carbonyl (C=O) groups is 1. The van der Waals surface area contributed by atoms with Gasteiger partial charge in [-0.3, -0.25) is 0 Å². The summed E-state index contributed by atoms with van der Waals surface area (Å²) in [6.07, 6.45) is 4.53. The van der Waals surface area contributed by atoms with E-state index in [-0.39, 0.29) is 6.09 Å². The lowest BCUT2D eigenvalue weighted by atomic mass is 10.1. The standard InChI is InChI=1S/C9H14NO2/c1-2-8-12-9(11)10-6-4-3-5-7-10/h2,6H,1,3-5,7-8H2. The Morgan fingerprint density at radius 2 is 2.50 bits per heavy atom. The normalized spacial score (nSPS) is 17.2. The fourth-order valence-corrected chi connectivity index (χ4v) is 1.14. The van der Waals surface area contributed by atoms with Gasteiger partial charge in [-0.05, 0) is 19.3 Å². The quantitative estimate of drug-likeness (QED) is 0.590. The van der Waals surface area contributed by atoms with Gasteiger partial charge in [-0.2, -0.15) is 0 Å². The van der Waals surface area contributed by atoms with E-state index in [4.69, 9.17) is 4.74 Å². The zero-order valence-electron chi connectivity index (χ0n) is 7.16. The van der Waals surface area contributed by atoms with Crippen LogP contribution in [0.1, 0.15) is 19.3 Å². The zero-order valence-corrected chi connectivity index (χ0v) is 7.16. The molecule has 1 aliphatic heterocycles. The number of ether oxygens (including phenoxy) is 1. The molecule has 0 bridgehead atoms. The van der Waals surface area contributed by atoms with Gasteiger partial charge >= 0.3 is 6.09 Å². The summed E-state index contributed by atoms with van der Waals surface area (Å²) in [6, 6.07) is 0. The van der Waals surface area contributed by atoms with Crippen LogP contribution in [0.3, 0.4) is 0 Å². The largest absolute Gasteiger partial charge is 0.445 e. The summed E-state index contributed by atoms with van der Waals surface area (Å²) in [4.78, 5) is 12.8. The summed E-state index contributed by atoms with van der Waals surface area (Å²) in [5.74, 6) is 0. The second kappa shape index (κ2) is 4.80. The van der Waals surface area contributed by atoms with Gasteiger partial charge in [-0.25, -0.2) is 4.79 Å².